The molecule has 9 rings (SSSR count). The molecule has 2 aromatic heterocycles. The topological polar surface area (TPSA) is 75.6 Å². The summed E-state index contributed by atoms with van der Waals surface area (Å²) in [4.78, 5) is 19.1. The summed E-state index contributed by atoms with van der Waals surface area (Å²) >= 11 is 0. The molecule has 0 spiro atoms. The number of hydrogen-bond acceptors (Lipinski definition) is 8. The molecule has 1 saturated carbocycles. The number of aryl methyl sites for hydroxylation is 1. The zero-order valence-electron chi connectivity index (χ0n) is 27.9. The molecule has 1 aliphatic carbocycles. The Kier molecular flexibility index (Phi) is 7.87. The summed E-state index contributed by atoms with van der Waals surface area (Å²) in [6.07, 6.45) is 6.22. The number of halogens is 5. The van der Waals surface area contributed by atoms with Gasteiger partial charge in [-0.1, -0.05) is 30.2 Å². The van der Waals surface area contributed by atoms with Gasteiger partial charge in [0.15, 0.2) is 5.82 Å². The van der Waals surface area contributed by atoms with Crippen molar-refractivity contribution >= 4 is 27.5 Å². The van der Waals surface area contributed by atoms with E-state index in [1.54, 1.807) is 18.2 Å². The van der Waals surface area contributed by atoms with Crippen molar-refractivity contribution in [2.45, 2.75) is 82.0 Å². The lowest BCUT2D eigenvalue weighted by atomic mass is 9.95. The van der Waals surface area contributed by atoms with Gasteiger partial charge in [0.25, 0.3) is 0 Å². The van der Waals surface area contributed by atoms with Gasteiger partial charge < -0.3 is 19.9 Å². The Morgan fingerprint density at radius 3 is 2.57 bits per heavy atom. The molecule has 4 aromatic rings. The Labute approximate surface area is 291 Å². The van der Waals surface area contributed by atoms with Crippen molar-refractivity contribution in [1.29, 1.82) is 0 Å². The number of rotatable bonds is 7. The fraction of sp³-hybridized carbons (Fsp3) is 0.500. The standard InChI is InChI=1S/C38H37F5N6O2/c1-2-24-26(39)8-6-21-4-3-5-25(30(21)24)33-32(40)34-31-28(45-33)10-11-29-27-9-7-22(44-27)18-49(29)35(31)47-36(46-34)50-20-37(14-15-37)19-48-16-12-23(13-17-48)51-38(41,42)43/h1,3-6,8,22-23,27,29,44H,7,9-20H2/t22-,27+,29+/m0/s1. The first-order chi connectivity index (χ1) is 24.6. The normalized spacial score (nSPS) is 24.4. The summed E-state index contributed by atoms with van der Waals surface area (Å²) < 4.78 is 80.9. The van der Waals surface area contributed by atoms with Gasteiger partial charge in [0, 0.05) is 60.7 Å². The molecule has 6 heterocycles. The number of alkyl halides is 3. The molecule has 13 heteroatoms. The maximum absolute atomic E-state index is 17.1. The number of likely N-dealkylation sites (tertiary alicyclic amines) is 1. The van der Waals surface area contributed by atoms with E-state index in [0.29, 0.717) is 84.8 Å². The van der Waals surface area contributed by atoms with Gasteiger partial charge in [-0.2, -0.15) is 9.97 Å². The lowest BCUT2D eigenvalue weighted by molar-refractivity contribution is -0.345. The molecule has 2 aromatic carbocycles. The lowest BCUT2D eigenvalue weighted by Gasteiger charge is -2.41. The number of nitrogens with zero attached hydrogens (tertiary/aromatic N) is 5. The highest BCUT2D eigenvalue weighted by atomic mass is 19.4. The monoisotopic (exact) mass is 704 g/mol. The van der Waals surface area contributed by atoms with Crippen LogP contribution in [0.3, 0.4) is 0 Å². The predicted octanol–water partition coefficient (Wildman–Crippen LogP) is 6.52. The number of piperidine rings is 1. The van der Waals surface area contributed by atoms with Crippen LogP contribution in [0.2, 0.25) is 0 Å². The van der Waals surface area contributed by atoms with Gasteiger partial charge in [-0.3, -0.25) is 4.74 Å². The number of piperazine rings is 1. The SMILES string of the molecule is C#Cc1c(F)ccc2cccc(-c3nc4c5c(nc(OCC6(CN7CCC(OC(F)(F)F)CC7)CC6)nc5c3F)N3C[C@@H]5CC[C@@H](N5)[C@H]3CC4)c12. The summed E-state index contributed by atoms with van der Waals surface area (Å²) in [6.45, 7) is 2.72. The third-order valence-electron chi connectivity index (χ3n) is 11.6. The van der Waals surface area contributed by atoms with E-state index >= 15 is 4.39 Å². The van der Waals surface area contributed by atoms with Crippen molar-refractivity contribution in [3.63, 3.8) is 0 Å². The molecule has 0 unspecified atom stereocenters. The second-order valence-corrected chi connectivity index (χ2v) is 14.9. The molecule has 0 amide bonds. The van der Waals surface area contributed by atoms with Crippen LogP contribution >= 0.6 is 0 Å². The van der Waals surface area contributed by atoms with E-state index in [1.807, 2.05) is 6.07 Å². The molecule has 3 atom stereocenters. The zero-order valence-corrected chi connectivity index (χ0v) is 27.9. The van der Waals surface area contributed by atoms with E-state index < -0.39 is 24.1 Å². The van der Waals surface area contributed by atoms with Crippen LogP contribution in [-0.2, 0) is 11.2 Å². The van der Waals surface area contributed by atoms with Gasteiger partial charge in [0.1, 0.15) is 22.8 Å². The van der Waals surface area contributed by atoms with Crippen LogP contribution in [0.1, 0.15) is 56.2 Å². The van der Waals surface area contributed by atoms with Crippen molar-refractivity contribution < 1.29 is 31.4 Å². The van der Waals surface area contributed by atoms with E-state index in [9.17, 15) is 17.6 Å². The molecule has 4 aliphatic heterocycles. The highest BCUT2D eigenvalue weighted by Crippen LogP contribution is 2.48. The second kappa shape index (κ2) is 12.2. The Bertz CT molecular complexity index is 2070. The molecule has 8 nitrogen and oxygen atoms in total. The highest BCUT2D eigenvalue weighted by molar-refractivity contribution is 6.02. The number of terminal acetylenes is 1. The minimum atomic E-state index is -4.63. The maximum atomic E-state index is 17.1. The third kappa shape index (κ3) is 5.95. The summed E-state index contributed by atoms with van der Waals surface area (Å²) in [5, 5.41) is 5.41. The minimum Gasteiger partial charge on any atom is -0.463 e. The van der Waals surface area contributed by atoms with Crippen LogP contribution in [0, 0.1) is 29.4 Å². The van der Waals surface area contributed by atoms with Crippen LogP contribution in [0.5, 0.6) is 6.01 Å². The van der Waals surface area contributed by atoms with Crippen LogP contribution in [0.25, 0.3) is 32.9 Å². The van der Waals surface area contributed by atoms with Crippen molar-refractivity contribution in [2.24, 2.45) is 5.41 Å². The van der Waals surface area contributed by atoms with E-state index in [4.69, 9.17) is 26.1 Å². The van der Waals surface area contributed by atoms with Crippen LogP contribution in [0.4, 0.5) is 27.8 Å². The summed E-state index contributed by atoms with van der Waals surface area (Å²) in [5.74, 6) is 1.86. The van der Waals surface area contributed by atoms with Crippen molar-refractivity contribution in [2.75, 3.05) is 37.7 Å². The number of nitrogens with one attached hydrogen (secondary N) is 1. The predicted molar refractivity (Wildman–Crippen MR) is 181 cm³/mol. The molecule has 1 N–H and O–H groups in total. The quantitative estimate of drug-likeness (QED) is 0.172. The second-order valence-electron chi connectivity index (χ2n) is 14.9. The largest absolute Gasteiger partial charge is 0.522 e. The Morgan fingerprint density at radius 2 is 1.80 bits per heavy atom. The molecule has 2 bridgehead atoms. The van der Waals surface area contributed by atoms with Gasteiger partial charge in [0.2, 0.25) is 0 Å². The van der Waals surface area contributed by atoms with E-state index in [-0.39, 0.29) is 40.3 Å². The fourth-order valence-electron chi connectivity index (χ4n) is 8.89. The highest BCUT2D eigenvalue weighted by Gasteiger charge is 2.47. The Morgan fingerprint density at radius 1 is 0.980 bits per heavy atom. The first kappa shape index (κ1) is 32.8. The van der Waals surface area contributed by atoms with Crippen molar-refractivity contribution in [3.8, 4) is 29.6 Å². The van der Waals surface area contributed by atoms with E-state index in [2.05, 4.69) is 25.8 Å². The Hall–Kier alpha value is -4.12. The summed E-state index contributed by atoms with van der Waals surface area (Å²) in [7, 11) is 0. The number of pyridine rings is 1. The molecular formula is C38H37F5N6O2. The van der Waals surface area contributed by atoms with Gasteiger partial charge in [0.05, 0.1) is 29.4 Å². The molecular weight excluding hydrogens is 667 g/mol. The third-order valence-corrected chi connectivity index (χ3v) is 11.6. The Balaban J connectivity index is 1.08. The summed E-state index contributed by atoms with van der Waals surface area (Å²) in [6, 6.07) is 9.03. The van der Waals surface area contributed by atoms with Crippen LogP contribution in [-0.4, -0.2) is 83.2 Å². The average molecular weight is 705 g/mol. The van der Waals surface area contributed by atoms with E-state index in [1.165, 1.54) is 6.07 Å². The molecule has 266 valence electrons. The van der Waals surface area contributed by atoms with E-state index in [0.717, 1.165) is 38.6 Å². The molecule has 4 fully saturated rings. The summed E-state index contributed by atoms with van der Waals surface area (Å²) in [5.41, 5.74) is 1.09. The maximum Gasteiger partial charge on any atom is 0.522 e. The number of benzene rings is 2. The zero-order chi connectivity index (χ0) is 35.1. The van der Waals surface area contributed by atoms with Crippen LogP contribution in [0.15, 0.2) is 30.3 Å². The molecule has 5 aliphatic rings. The average Bonchev–Trinajstić information content (AvgIpc) is 3.80. The minimum absolute atomic E-state index is 0.0497. The van der Waals surface area contributed by atoms with Crippen molar-refractivity contribution in [1.82, 2.24) is 25.2 Å². The van der Waals surface area contributed by atoms with Gasteiger partial charge in [-0.05, 0) is 62.8 Å². The van der Waals surface area contributed by atoms with Gasteiger partial charge in [-0.25, -0.2) is 13.8 Å². The number of hydrogen-bond donors (Lipinski definition) is 1. The molecule has 51 heavy (non-hydrogen) atoms. The first-order valence-electron chi connectivity index (χ1n) is 17.8. The smallest absolute Gasteiger partial charge is 0.463 e. The van der Waals surface area contributed by atoms with Crippen molar-refractivity contribution in [3.05, 3.63) is 53.2 Å². The lowest BCUT2D eigenvalue weighted by Crippen LogP contribution is -2.58. The number of aromatic nitrogens is 3. The van der Waals surface area contributed by atoms with Gasteiger partial charge >= 0.3 is 12.4 Å². The number of fused-ring (bicyclic) bond motifs is 6. The number of anilines is 1. The number of ether oxygens (including phenoxy) is 2. The van der Waals surface area contributed by atoms with Crippen LogP contribution < -0.4 is 15.0 Å². The molecule has 0 radical (unpaired) electrons. The molecule has 3 saturated heterocycles. The fourth-order valence-corrected chi connectivity index (χ4v) is 8.89. The first-order valence-corrected chi connectivity index (χ1v) is 17.8. The van der Waals surface area contributed by atoms with Gasteiger partial charge in [-0.15, -0.1) is 19.6 Å².